The average Bonchev–Trinajstić information content (AvgIpc) is 2.89. The van der Waals surface area contributed by atoms with Crippen molar-refractivity contribution in [2.45, 2.75) is 64.8 Å². The molecule has 3 rings (SSSR count). The van der Waals surface area contributed by atoms with E-state index in [-0.39, 0.29) is 24.3 Å². The van der Waals surface area contributed by atoms with Crippen LogP contribution in [0.25, 0.3) is 0 Å². The zero-order valence-corrected chi connectivity index (χ0v) is 16.4. The summed E-state index contributed by atoms with van der Waals surface area (Å²) < 4.78 is 0. The third-order valence-electron chi connectivity index (χ3n) is 6.07. The topological polar surface area (TPSA) is 78.5 Å². The summed E-state index contributed by atoms with van der Waals surface area (Å²) in [5, 5.41) is 5.83. The molecule has 2 N–H and O–H groups in total. The summed E-state index contributed by atoms with van der Waals surface area (Å²) in [6.07, 6.45) is 5.14. The average molecular weight is 371 g/mol. The van der Waals surface area contributed by atoms with E-state index in [1.807, 2.05) is 39.0 Å². The Balaban J connectivity index is 1.75. The van der Waals surface area contributed by atoms with E-state index in [9.17, 15) is 14.4 Å². The van der Waals surface area contributed by atoms with Gasteiger partial charge in [0.1, 0.15) is 12.1 Å². The molecule has 4 amide bonds. The van der Waals surface area contributed by atoms with Gasteiger partial charge >= 0.3 is 6.03 Å². The molecule has 0 aromatic heterocycles. The summed E-state index contributed by atoms with van der Waals surface area (Å²) in [6.45, 7) is 5.83. The summed E-state index contributed by atoms with van der Waals surface area (Å²) in [4.78, 5) is 39.2. The lowest BCUT2D eigenvalue weighted by molar-refractivity contribution is -0.136. The van der Waals surface area contributed by atoms with E-state index < -0.39 is 11.6 Å². The molecular weight excluding hydrogens is 342 g/mol. The molecule has 1 aliphatic carbocycles. The number of anilines is 1. The number of carbonyl (C=O) groups excluding carboxylic acids is 3. The standard InChI is InChI=1S/C21H29N3O3/c1-4-15-10-8-11-16(5-2)18(15)22-17(25)13-24-19(26)21(23-20(24)27)12-7-6-9-14(21)3/h8,10-11,14H,4-7,9,12-13H2,1-3H3,(H,22,25)(H,23,27)/t14-,21-/m0/s1. The van der Waals surface area contributed by atoms with Crippen LogP contribution in [-0.2, 0) is 22.4 Å². The van der Waals surface area contributed by atoms with E-state index in [4.69, 9.17) is 0 Å². The van der Waals surface area contributed by atoms with Crippen LogP contribution in [0.2, 0.25) is 0 Å². The van der Waals surface area contributed by atoms with E-state index in [2.05, 4.69) is 10.6 Å². The predicted octanol–water partition coefficient (Wildman–Crippen LogP) is 3.25. The number of imide groups is 1. The summed E-state index contributed by atoms with van der Waals surface area (Å²) >= 11 is 0. The number of hydrogen-bond acceptors (Lipinski definition) is 3. The maximum atomic E-state index is 13.0. The van der Waals surface area contributed by atoms with Crippen LogP contribution in [0.3, 0.4) is 0 Å². The van der Waals surface area contributed by atoms with Crippen LogP contribution < -0.4 is 10.6 Å². The molecule has 0 radical (unpaired) electrons. The number of aryl methyl sites for hydroxylation is 2. The van der Waals surface area contributed by atoms with Gasteiger partial charge in [0.05, 0.1) is 0 Å². The third-order valence-corrected chi connectivity index (χ3v) is 6.07. The zero-order valence-electron chi connectivity index (χ0n) is 16.4. The molecule has 2 fully saturated rings. The second-order valence-electron chi connectivity index (χ2n) is 7.65. The number of benzene rings is 1. The molecule has 1 aliphatic heterocycles. The SMILES string of the molecule is CCc1cccc(CC)c1NC(=O)CN1C(=O)N[C@]2(CCCC[C@@H]2C)C1=O. The largest absolute Gasteiger partial charge is 0.325 e. The number of rotatable bonds is 5. The molecule has 2 aliphatic rings. The van der Waals surface area contributed by atoms with Crippen molar-refractivity contribution in [3.63, 3.8) is 0 Å². The zero-order chi connectivity index (χ0) is 19.6. The van der Waals surface area contributed by atoms with E-state index >= 15 is 0 Å². The minimum Gasteiger partial charge on any atom is -0.324 e. The molecular formula is C21H29N3O3. The highest BCUT2D eigenvalue weighted by Gasteiger charge is 2.55. The van der Waals surface area contributed by atoms with Crippen molar-refractivity contribution < 1.29 is 14.4 Å². The molecule has 6 heteroatoms. The van der Waals surface area contributed by atoms with Gasteiger partial charge in [0, 0.05) is 5.69 Å². The summed E-state index contributed by atoms with van der Waals surface area (Å²) in [7, 11) is 0. The molecule has 1 saturated heterocycles. The van der Waals surface area contributed by atoms with Gasteiger partial charge in [-0.1, -0.05) is 51.8 Å². The van der Waals surface area contributed by atoms with Crippen molar-refractivity contribution in [3.8, 4) is 0 Å². The first-order chi connectivity index (χ1) is 12.9. The van der Waals surface area contributed by atoms with E-state index in [0.29, 0.717) is 6.42 Å². The van der Waals surface area contributed by atoms with Crippen LogP contribution in [-0.4, -0.2) is 34.8 Å². The van der Waals surface area contributed by atoms with Crippen molar-refractivity contribution in [1.82, 2.24) is 10.2 Å². The molecule has 146 valence electrons. The first-order valence-corrected chi connectivity index (χ1v) is 9.97. The van der Waals surface area contributed by atoms with Crippen LogP contribution >= 0.6 is 0 Å². The Labute approximate surface area is 160 Å². The lowest BCUT2D eigenvalue weighted by Gasteiger charge is -2.36. The van der Waals surface area contributed by atoms with Crippen molar-refractivity contribution in [1.29, 1.82) is 0 Å². The van der Waals surface area contributed by atoms with Gasteiger partial charge in [-0.2, -0.15) is 0 Å². The second-order valence-corrected chi connectivity index (χ2v) is 7.65. The Bertz CT molecular complexity index is 739. The van der Waals surface area contributed by atoms with Gasteiger partial charge in [-0.25, -0.2) is 4.79 Å². The Hall–Kier alpha value is -2.37. The number of amides is 4. The summed E-state index contributed by atoms with van der Waals surface area (Å²) in [5.74, 6) is -0.507. The minimum absolute atomic E-state index is 0.0864. The first-order valence-electron chi connectivity index (χ1n) is 9.97. The smallest absolute Gasteiger partial charge is 0.324 e. The van der Waals surface area contributed by atoms with Crippen molar-refractivity contribution in [2.24, 2.45) is 5.92 Å². The molecule has 1 saturated carbocycles. The van der Waals surface area contributed by atoms with Gasteiger partial charge in [-0.3, -0.25) is 14.5 Å². The molecule has 1 spiro atoms. The quantitative estimate of drug-likeness (QED) is 0.780. The molecule has 1 heterocycles. The summed E-state index contributed by atoms with van der Waals surface area (Å²) in [6, 6.07) is 5.50. The fourth-order valence-electron chi connectivity index (χ4n) is 4.36. The van der Waals surface area contributed by atoms with Crippen LogP contribution in [0.1, 0.15) is 57.6 Å². The maximum absolute atomic E-state index is 13.0. The molecule has 6 nitrogen and oxygen atoms in total. The van der Waals surface area contributed by atoms with Gasteiger partial charge < -0.3 is 10.6 Å². The fraction of sp³-hybridized carbons (Fsp3) is 0.571. The Kier molecular flexibility index (Phi) is 5.53. The molecule has 1 aromatic carbocycles. The lowest BCUT2D eigenvalue weighted by atomic mass is 9.73. The van der Waals surface area contributed by atoms with Crippen LogP contribution in [0.5, 0.6) is 0 Å². The normalized spacial score (nSPS) is 25.0. The minimum atomic E-state index is -0.828. The van der Waals surface area contributed by atoms with Gasteiger partial charge in [-0.15, -0.1) is 0 Å². The van der Waals surface area contributed by atoms with E-state index in [1.54, 1.807) is 0 Å². The van der Waals surface area contributed by atoms with Crippen LogP contribution in [0.4, 0.5) is 10.5 Å². The third kappa shape index (κ3) is 3.45. The maximum Gasteiger partial charge on any atom is 0.325 e. The number of nitrogens with one attached hydrogen (secondary N) is 2. The van der Waals surface area contributed by atoms with Crippen molar-refractivity contribution in [2.75, 3.05) is 11.9 Å². The Morgan fingerprint density at radius 3 is 2.48 bits per heavy atom. The van der Waals surface area contributed by atoms with Crippen LogP contribution in [0, 0.1) is 5.92 Å². The highest BCUT2D eigenvalue weighted by Crippen LogP contribution is 2.38. The van der Waals surface area contributed by atoms with Gasteiger partial charge in [-0.05, 0) is 42.7 Å². The number of hydrogen-bond donors (Lipinski definition) is 2. The number of para-hydroxylation sites is 1. The number of urea groups is 1. The monoisotopic (exact) mass is 371 g/mol. The van der Waals surface area contributed by atoms with Crippen molar-refractivity contribution >= 4 is 23.5 Å². The van der Waals surface area contributed by atoms with Crippen LogP contribution in [0.15, 0.2) is 18.2 Å². The lowest BCUT2D eigenvalue weighted by Crippen LogP contribution is -2.54. The first kappa shape index (κ1) is 19.4. The van der Waals surface area contributed by atoms with E-state index in [0.717, 1.165) is 53.8 Å². The Morgan fingerprint density at radius 2 is 1.89 bits per heavy atom. The highest BCUT2D eigenvalue weighted by atomic mass is 16.2. The van der Waals surface area contributed by atoms with Gasteiger partial charge in [0.15, 0.2) is 0 Å². The number of carbonyl (C=O) groups is 3. The van der Waals surface area contributed by atoms with E-state index in [1.165, 1.54) is 0 Å². The van der Waals surface area contributed by atoms with Gasteiger partial charge in [0.25, 0.3) is 5.91 Å². The molecule has 0 unspecified atom stereocenters. The Morgan fingerprint density at radius 1 is 1.22 bits per heavy atom. The molecule has 1 aromatic rings. The molecule has 27 heavy (non-hydrogen) atoms. The molecule has 2 atom stereocenters. The van der Waals surface area contributed by atoms with Gasteiger partial charge in [0.2, 0.25) is 5.91 Å². The molecule has 0 bridgehead atoms. The van der Waals surface area contributed by atoms with Crippen molar-refractivity contribution in [3.05, 3.63) is 29.3 Å². The fourth-order valence-corrected chi connectivity index (χ4v) is 4.36. The second kappa shape index (κ2) is 7.71. The highest BCUT2D eigenvalue weighted by molar-refractivity contribution is 6.10. The predicted molar refractivity (Wildman–Crippen MR) is 104 cm³/mol. The summed E-state index contributed by atoms with van der Waals surface area (Å²) in [5.41, 5.74) is 2.08. The number of nitrogens with zero attached hydrogens (tertiary/aromatic N) is 1.